The van der Waals surface area contributed by atoms with E-state index in [1.807, 2.05) is 18.2 Å². The van der Waals surface area contributed by atoms with Crippen molar-refractivity contribution in [2.24, 2.45) is 0 Å². The molecule has 0 bridgehead atoms. The van der Waals surface area contributed by atoms with E-state index in [-0.39, 0.29) is 37.7 Å². The maximum atomic E-state index is 14.3. The molecule has 2 fully saturated rings. The molecule has 2 amide bonds. The summed E-state index contributed by atoms with van der Waals surface area (Å²) in [5.41, 5.74) is 0.195. The van der Waals surface area contributed by atoms with Crippen LogP contribution in [0.2, 0.25) is 0 Å². The summed E-state index contributed by atoms with van der Waals surface area (Å²) in [4.78, 5) is 55.0. The lowest BCUT2D eigenvalue weighted by atomic mass is 9.91. The smallest absolute Gasteiger partial charge is 0.338 e. The number of esters is 2. The number of halogens is 1. The van der Waals surface area contributed by atoms with Gasteiger partial charge in [-0.3, -0.25) is 14.4 Å². The van der Waals surface area contributed by atoms with Crippen molar-refractivity contribution >= 4 is 46.3 Å². The van der Waals surface area contributed by atoms with Crippen molar-refractivity contribution in [2.45, 2.75) is 160 Å². The third kappa shape index (κ3) is 11.7. The van der Waals surface area contributed by atoms with Crippen LogP contribution in [0.4, 0.5) is 0 Å². The monoisotopic (exact) mass is 824 g/mol. The van der Waals surface area contributed by atoms with Gasteiger partial charge in [0.05, 0.1) is 18.2 Å². The molecule has 4 rings (SSSR count). The van der Waals surface area contributed by atoms with E-state index < -0.39 is 53.7 Å². The van der Waals surface area contributed by atoms with Gasteiger partial charge >= 0.3 is 11.9 Å². The summed E-state index contributed by atoms with van der Waals surface area (Å²) >= 11 is 2.18. The maximum absolute atomic E-state index is 14.3. The average Bonchev–Trinajstić information content (AvgIpc) is 3.72. The Hall–Kier alpha value is -2.55. The lowest BCUT2D eigenvalue weighted by Gasteiger charge is -2.33. The number of benzene rings is 1. The molecule has 284 valence electrons. The highest BCUT2D eigenvalue weighted by Gasteiger charge is 2.53. The van der Waals surface area contributed by atoms with Crippen molar-refractivity contribution in [3.05, 3.63) is 45.0 Å². The number of nitrogens with one attached hydrogen (secondary N) is 1. The van der Waals surface area contributed by atoms with E-state index in [4.69, 9.17) is 18.9 Å². The molecular formula is C39H57IN2O9. The molecule has 2 aliphatic heterocycles. The number of aliphatic hydroxyl groups is 1. The number of amides is 2. The van der Waals surface area contributed by atoms with Crippen molar-refractivity contribution in [1.82, 2.24) is 10.2 Å². The number of fused-ring (bicyclic) bond motifs is 1. The number of hydrogen-bond donors (Lipinski definition) is 2. The third-order valence-corrected chi connectivity index (χ3v) is 10.3. The minimum absolute atomic E-state index is 0.0360. The topological polar surface area (TPSA) is 141 Å². The predicted molar refractivity (Wildman–Crippen MR) is 201 cm³/mol. The quantitative estimate of drug-likeness (QED) is 0.104. The van der Waals surface area contributed by atoms with E-state index in [0.29, 0.717) is 43.4 Å². The lowest BCUT2D eigenvalue weighted by molar-refractivity contribution is -0.190. The van der Waals surface area contributed by atoms with Crippen LogP contribution >= 0.6 is 22.6 Å². The summed E-state index contributed by atoms with van der Waals surface area (Å²) in [6, 6.07) is 5.71. The number of nitrogens with zero attached hydrogens (tertiary/aromatic N) is 1. The molecule has 2 saturated heterocycles. The first-order valence-corrected chi connectivity index (χ1v) is 19.8. The third-order valence-electron chi connectivity index (χ3n) is 9.61. The molecule has 51 heavy (non-hydrogen) atoms. The van der Waals surface area contributed by atoms with Gasteiger partial charge in [0.2, 0.25) is 11.8 Å². The molecule has 11 nitrogen and oxygen atoms in total. The highest BCUT2D eigenvalue weighted by atomic mass is 127. The Bertz CT molecular complexity index is 1370. The van der Waals surface area contributed by atoms with Crippen LogP contribution in [-0.4, -0.2) is 88.7 Å². The van der Waals surface area contributed by atoms with Crippen LogP contribution in [0.3, 0.4) is 0 Å². The fraction of sp³-hybridized carbons (Fsp3) is 0.692. The highest BCUT2D eigenvalue weighted by Crippen LogP contribution is 2.43. The Kier molecular flexibility index (Phi) is 15.3. The van der Waals surface area contributed by atoms with Gasteiger partial charge in [-0.05, 0) is 106 Å². The molecule has 5 atom stereocenters. The van der Waals surface area contributed by atoms with Crippen molar-refractivity contribution in [3.63, 3.8) is 0 Å². The largest absolute Gasteiger partial charge is 0.460 e. The fourth-order valence-corrected chi connectivity index (χ4v) is 7.40. The van der Waals surface area contributed by atoms with Crippen molar-refractivity contribution in [3.8, 4) is 0 Å². The molecule has 1 aliphatic carbocycles. The van der Waals surface area contributed by atoms with E-state index in [0.717, 1.165) is 42.1 Å². The molecule has 0 saturated carbocycles. The van der Waals surface area contributed by atoms with Gasteiger partial charge in [0.25, 0.3) is 0 Å². The van der Waals surface area contributed by atoms with Gasteiger partial charge in [-0.15, -0.1) is 0 Å². The number of hydrogen-bond acceptors (Lipinski definition) is 9. The minimum Gasteiger partial charge on any atom is -0.460 e. The zero-order chi connectivity index (χ0) is 37.2. The second-order valence-corrected chi connectivity index (χ2v) is 16.3. The summed E-state index contributed by atoms with van der Waals surface area (Å²) < 4.78 is 26.0. The molecule has 2 N–H and O–H groups in total. The number of likely N-dealkylation sites (tertiary alicyclic amines) is 1. The molecule has 0 spiro atoms. The van der Waals surface area contributed by atoms with Crippen molar-refractivity contribution < 1.29 is 43.2 Å². The molecule has 3 aliphatic rings. The van der Waals surface area contributed by atoms with E-state index in [9.17, 15) is 24.3 Å². The zero-order valence-electron chi connectivity index (χ0n) is 30.9. The first kappa shape index (κ1) is 41.2. The summed E-state index contributed by atoms with van der Waals surface area (Å²) in [6.07, 6.45) is 8.80. The molecule has 2 heterocycles. The van der Waals surface area contributed by atoms with E-state index in [2.05, 4.69) is 41.8 Å². The summed E-state index contributed by atoms with van der Waals surface area (Å²) in [5.74, 6) is -2.44. The van der Waals surface area contributed by atoms with E-state index >= 15 is 0 Å². The van der Waals surface area contributed by atoms with Gasteiger partial charge in [-0.25, -0.2) is 4.79 Å². The Labute approximate surface area is 316 Å². The first-order chi connectivity index (χ1) is 24.3. The van der Waals surface area contributed by atoms with Gasteiger partial charge in [0.1, 0.15) is 30.0 Å². The number of ether oxygens (including phenoxy) is 4. The molecule has 0 aromatic heterocycles. The van der Waals surface area contributed by atoms with E-state index in [1.54, 1.807) is 37.8 Å². The van der Waals surface area contributed by atoms with Gasteiger partial charge in [-0.1, -0.05) is 39.5 Å². The molecule has 12 heteroatoms. The second-order valence-electron chi connectivity index (χ2n) is 15.0. The van der Waals surface area contributed by atoms with Gasteiger partial charge in [0.15, 0.2) is 5.79 Å². The van der Waals surface area contributed by atoms with Crippen LogP contribution in [0.5, 0.6) is 0 Å². The first-order valence-electron chi connectivity index (χ1n) is 18.7. The molecule has 0 radical (unpaired) electrons. The summed E-state index contributed by atoms with van der Waals surface area (Å²) in [5, 5.41) is 12.8. The molecule has 1 aromatic rings. The van der Waals surface area contributed by atoms with Gasteiger partial charge in [-0.2, -0.15) is 0 Å². The summed E-state index contributed by atoms with van der Waals surface area (Å²) in [7, 11) is 0. The van der Waals surface area contributed by atoms with Crippen LogP contribution < -0.4 is 5.32 Å². The normalized spacial score (nSPS) is 23.3. The average molecular weight is 825 g/mol. The van der Waals surface area contributed by atoms with Crippen molar-refractivity contribution in [2.75, 3.05) is 13.2 Å². The zero-order valence-corrected chi connectivity index (χ0v) is 33.1. The molecule has 1 aromatic carbocycles. The standard InChI is InChI=1S/C39H57IN2O9/c1-6-8-10-20-39(21-11-9-7-2)49-32-24-27(23-31(34(32)51-39)48-37(47)26-14-16-28(40)17-15-26)36(46)42-22-12-13-30(42)35(45)41-29(25-43)18-19-33(44)50-38(3,4)5/h14-17,24,29-32,34,43H,6-13,18-23,25H2,1-5H3,(H,41,45)/t29-,30+,31+,32+,34-/m0/s1. The second kappa shape index (κ2) is 19.0. The predicted octanol–water partition coefficient (Wildman–Crippen LogP) is 6.38. The molecule has 0 unspecified atom stereocenters. The molecular weight excluding hydrogens is 767 g/mol. The minimum atomic E-state index is -0.836. The van der Waals surface area contributed by atoms with Crippen LogP contribution in [0.15, 0.2) is 35.9 Å². The van der Waals surface area contributed by atoms with Crippen LogP contribution in [0.25, 0.3) is 0 Å². The Balaban J connectivity index is 1.53. The van der Waals surface area contributed by atoms with E-state index in [1.165, 1.54) is 0 Å². The van der Waals surface area contributed by atoms with Crippen molar-refractivity contribution in [1.29, 1.82) is 0 Å². The van der Waals surface area contributed by atoms with Gasteiger partial charge < -0.3 is 34.3 Å². The number of aliphatic hydroxyl groups excluding tert-OH is 1. The fourth-order valence-electron chi connectivity index (χ4n) is 7.04. The van der Waals surface area contributed by atoms with Crippen LogP contribution in [0, 0.1) is 3.57 Å². The van der Waals surface area contributed by atoms with Crippen LogP contribution in [0.1, 0.15) is 128 Å². The Morgan fingerprint density at radius 3 is 2.31 bits per heavy atom. The number of carbonyl (C=O) groups is 4. The number of unbranched alkanes of at least 4 members (excludes halogenated alkanes) is 4. The highest BCUT2D eigenvalue weighted by molar-refractivity contribution is 14.1. The van der Waals surface area contributed by atoms with Crippen LogP contribution in [-0.2, 0) is 33.3 Å². The Morgan fingerprint density at radius 2 is 1.71 bits per heavy atom. The maximum Gasteiger partial charge on any atom is 0.338 e. The Morgan fingerprint density at radius 1 is 1.04 bits per heavy atom. The lowest BCUT2D eigenvalue weighted by Crippen LogP contribution is -2.51. The number of carbonyl (C=O) groups excluding carboxylic acids is 4. The SMILES string of the molecule is CCCCCC1(CCCCC)O[C@@H]2[C@@H](C=C(C(=O)N3CCC[C@@H]3C(=O)N[C@H](CO)CCC(=O)OC(C)(C)C)C[C@H]2OC(=O)c2ccc(I)cc2)O1. The number of rotatable bonds is 17. The summed E-state index contributed by atoms with van der Waals surface area (Å²) in [6.45, 7) is 9.68. The van der Waals surface area contributed by atoms with Gasteiger partial charge in [0, 0.05) is 41.4 Å².